The summed E-state index contributed by atoms with van der Waals surface area (Å²) in [6, 6.07) is 7.98. The molecule has 0 atom stereocenters. The first-order chi connectivity index (χ1) is 12.5. The topological polar surface area (TPSA) is 102 Å². The third-order valence-corrected chi connectivity index (χ3v) is 3.78. The standard InChI is InChI=1S/C18H12FN5O2/c1-21-13-4-5-14(25)16(17(26)24-18-22-6-7-23-18)15(13)11-8-10(9-20)2-3-12(11)19/h2-5,8,25H,6-7H2,(H2,22,23,24,26). The van der Waals surface area contributed by atoms with Gasteiger partial charge in [0, 0.05) is 17.7 Å². The minimum atomic E-state index is -0.738. The maximum atomic E-state index is 14.4. The molecule has 1 heterocycles. The fraction of sp³-hybridized carbons (Fsp3) is 0.111. The van der Waals surface area contributed by atoms with E-state index in [9.17, 15) is 14.3 Å². The largest absolute Gasteiger partial charge is 0.507 e. The van der Waals surface area contributed by atoms with Gasteiger partial charge in [-0.2, -0.15) is 5.26 Å². The Bertz CT molecular complexity index is 1020. The van der Waals surface area contributed by atoms with E-state index in [4.69, 9.17) is 11.8 Å². The van der Waals surface area contributed by atoms with Gasteiger partial charge >= 0.3 is 0 Å². The Kier molecular flexibility index (Phi) is 4.50. The smallest absolute Gasteiger partial charge is 0.261 e. The summed E-state index contributed by atoms with van der Waals surface area (Å²) in [4.78, 5) is 20.0. The molecule has 0 spiro atoms. The Morgan fingerprint density at radius 2 is 2.23 bits per heavy atom. The molecule has 0 unspecified atom stereocenters. The van der Waals surface area contributed by atoms with Gasteiger partial charge in [-0.25, -0.2) is 9.24 Å². The quantitative estimate of drug-likeness (QED) is 0.724. The number of hydrogen-bond acceptors (Lipinski definition) is 5. The van der Waals surface area contributed by atoms with Gasteiger partial charge in [-0.15, -0.1) is 0 Å². The predicted molar refractivity (Wildman–Crippen MR) is 92.2 cm³/mol. The molecule has 3 rings (SSSR count). The van der Waals surface area contributed by atoms with Gasteiger partial charge in [0.2, 0.25) is 0 Å². The number of phenols is 1. The number of nitriles is 1. The van der Waals surface area contributed by atoms with Crippen LogP contribution in [0.3, 0.4) is 0 Å². The predicted octanol–water partition coefficient (Wildman–Crippen LogP) is 2.31. The highest BCUT2D eigenvalue weighted by molar-refractivity contribution is 6.12. The van der Waals surface area contributed by atoms with Gasteiger partial charge in [-0.3, -0.25) is 15.1 Å². The molecule has 0 saturated carbocycles. The van der Waals surface area contributed by atoms with Crippen molar-refractivity contribution in [3.8, 4) is 22.9 Å². The van der Waals surface area contributed by atoms with E-state index in [1.54, 1.807) is 0 Å². The Morgan fingerprint density at radius 1 is 1.42 bits per heavy atom. The minimum Gasteiger partial charge on any atom is -0.507 e. The lowest BCUT2D eigenvalue weighted by molar-refractivity contribution is 0.0974. The zero-order valence-corrected chi connectivity index (χ0v) is 13.4. The fourth-order valence-corrected chi connectivity index (χ4v) is 2.61. The number of carbonyl (C=O) groups excluding carboxylic acids is 1. The van der Waals surface area contributed by atoms with Crippen LogP contribution in [0.5, 0.6) is 5.75 Å². The van der Waals surface area contributed by atoms with Crippen molar-refractivity contribution in [1.82, 2.24) is 10.6 Å². The maximum absolute atomic E-state index is 14.4. The van der Waals surface area contributed by atoms with Crippen molar-refractivity contribution in [1.29, 1.82) is 5.26 Å². The monoisotopic (exact) mass is 349 g/mol. The molecule has 7 nitrogen and oxygen atoms in total. The van der Waals surface area contributed by atoms with E-state index < -0.39 is 17.5 Å². The van der Waals surface area contributed by atoms with E-state index >= 15 is 0 Å². The first-order valence-corrected chi connectivity index (χ1v) is 7.58. The zero-order chi connectivity index (χ0) is 18.7. The molecule has 2 aromatic rings. The highest BCUT2D eigenvalue weighted by atomic mass is 19.1. The third kappa shape index (κ3) is 3.04. The van der Waals surface area contributed by atoms with Crippen molar-refractivity contribution in [3.63, 3.8) is 0 Å². The van der Waals surface area contributed by atoms with Gasteiger partial charge in [0.05, 0.1) is 30.3 Å². The fourth-order valence-electron chi connectivity index (χ4n) is 2.61. The van der Waals surface area contributed by atoms with Crippen LogP contribution in [0.4, 0.5) is 10.1 Å². The number of guanidine groups is 1. The van der Waals surface area contributed by atoms with E-state index in [0.717, 1.165) is 6.07 Å². The van der Waals surface area contributed by atoms with Crippen LogP contribution in [-0.2, 0) is 0 Å². The summed E-state index contributed by atoms with van der Waals surface area (Å²) >= 11 is 0. The van der Waals surface area contributed by atoms with Gasteiger partial charge < -0.3 is 10.4 Å². The zero-order valence-electron chi connectivity index (χ0n) is 13.4. The summed E-state index contributed by atoms with van der Waals surface area (Å²) in [5, 5.41) is 24.6. The number of nitrogens with one attached hydrogen (secondary N) is 2. The molecule has 1 amide bonds. The van der Waals surface area contributed by atoms with Crippen LogP contribution in [0.25, 0.3) is 16.0 Å². The molecule has 128 valence electrons. The highest BCUT2D eigenvalue weighted by Gasteiger charge is 2.24. The second-order valence-electron chi connectivity index (χ2n) is 5.38. The molecule has 2 aromatic carbocycles. The SMILES string of the molecule is [C-]#[N+]c1ccc(O)c(C(=O)NC2=NCCN2)c1-c1cc(C#N)ccc1F. The van der Waals surface area contributed by atoms with E-state index in [1.807, 2.05) is 6.07 Å². The number of rotatable bonds is 2. The van der Waals surface area contributed by atoms with Crippen LogP contribution in [-0.4, -0.2) is 30.1 Å². The van der Waals surface area contributed by atoms with Crippen LogP contribution in [0.2, 0.25) is 0 Å². The van der Waals surface area contributed by atoms with Gasteiger partial charge in [0.25, 0.3) is 5.91 Å². The Balaban J connectivity index is 2.21. The number of aromatic hydroxyl groups is 1. The van der Waals surface area contributed by atoms with Crippen LogP contribution in [0.1, 0.15) is 15.9 Å². The number of benzene rings is 2. The second-order valence-corrected chi connectivity index (χ2v) is 5.38. The lowest BCUT2D eigenvalue weighted by atomic mass is 9.94. The molecule has 0 aromatic heterocycles. The number of halogens is 1. The summed E-state index contributed by atoms with van der Waals surface area (Å²) < 4.78 is 14.4. The van der Waals surface area contributed by atoms with Crippen molar-refractivity contribution in [2.45, 2.75) is 0 Å². The number of aliphatic imine (C=N–C) groups is 1. The Labute approximate surface area is 148 Å². The highest BCUT2D eigenvalue weighted by Crippen LogP contribution is 2.40. The maximum Gasteiger partial charge on any atom is 0.261 e. The molecule has 0 aliphatic carbocycles. The molecule has 3 N–H and O–H groups in total. The average molecular weight is 349 g/mol. The Hall–Kier alpha value is -3.91. The van der Waals surface area contributed by atoms with Crippen molar-refractivity contribution in [3.05, 3.63) is 58.7 Å². The van der Waals surface area contributed by atoms with Gasteiger partial charge in [-0.05, 0) is 24.3 Å². The summed E-state index contributed by atoms with van der Waals surface area (Å²) in [7, 11) is 0. The van der Waals surface area contributed by atoms with E-state index in [0.29, 0.717) is 13.1 Å². The van der Waals surface area contributed by atoms with Gasteiger partial charge in [0.15, 0.2) is 11.6 Å². The van der Waals surface area contributed by atoms with Crippen LogP contribution in [0, 0.1) is 23.7 Å². The first kappa shape index (κ1) is 16.9. The summed E-state index contributed by atoms with van der Waals surface area (Å²) in [5.74, 6) is -1.63. The molecular weight excluding hydrogens is 337 g/mol. The molecule has 1 aliphatic heterocycles. The lowest BCUT2D eigenvalue weighted by Crippen LogP contribution is -2.38. The minimum absolute atomic E-state index is 0.0248. The number of nitrogens with zero attached hydrogens (tertiary/aromatic N) is 3. The van der Waals surface area contributed by atoms with Crippen molar-refractivity contribution in [2.75, 3.05) is 13.1 Å². The van der Waals surface area contributed by atoms with E-state index in [-0.39, 0.29) is 33.9 Å². The van der Waals surface area contributed by atoms with Crippen molar-refractivity contribution >= 4 is 17.6 Å². The second kappa shape index (κ2) is 6.91. The van der Waals surface area contributed by atoms with Crippen molar-refractivity contribution < 1.29 is 14.3 Å². The summed E-state index contributed by atoms with van der Waals surface area (Å²) in [6.45, 7) is 8.38. The van der Waals surface area contributed by atoms with Gasteiger partial charge in [-0.1, -0.05) is 6.07 Å². The van der Waals surface area contributed by atoms with Crippen LogP contribution < -0.4 is 10.6 Å². The van der Waals surface area contributed by atoms with Gasteiger partial charge in [0.1, 0.15) is 11.6 Å². The molecule has 0 radical (unpaired) electrons. The molecule has 0 saturated heterocycles. The first-order valence-electron chi connectivity index (χ1n) is 7.58. The molecule has 0 bridgehead atoms. The summed E-state index contributed by atoms with van der Waals surface area (Å²) in [6.07, 6.45) is 0. The molecule has 1 aliphatic rings. The van der Waals surface area contributed by atoms with Crippen LogP contribution >= 0.6 is 0 Å². The average Bonchev–Trinajstić information content (AvgIpc) is 3.14. The molecule has 8 heteroatoms. The number of hydrogen-bond donors (Lipinski definition) is 3. The Morgan fingerprint density at radius 3 is 2.88 bits per heavy atom. The third-order valence-electron chi connectivity index (χ3n) is 3.78. The molecule has 26 heavy (non-hydrogen) atoms. The van der Waals surface area contributed by atoms with E-state index in [1.165, 1.54) is 24.3 Å². The number of carbonyl (C=O) groups is 1. The summed E-state index contributed by atoms with van der Waals surface area (Å²) in [5.41, 5.74) is -0.316. The molecule has 0 fully saturated rings. The lowest BCUT2D eigenvalue weighted by Gasteiger charge is -2.15. The normalized spacial score (nSPS) is 12.5. The number of amides is 1. The number of phenolic OH excluding ortho intramolecular Hbond substituents is 1. The van der Waals surface area contributed by atoms with Crippen molar-refractivity contribution in [2.24, 2.45) is 4.99 Å². The van der Waals surface area contributed by atoms with E-state index in [2.05, 4.69) is 20.5 Å². The molecular formula is C18H12FN5O2. The van der Waals surface area contributed by atoms with Crippen LogP contribution in [0.15, 0.2) is 35.3 Å².